The quantitative estimate of drug-likeness (QED) is 0.305. The van der Waals surface area contributed by atoms with E-state index in [0.29, 0.717) is 22.8 Å². The first-order chi connectivity index (χ1) is 17.4. The van der Waals surface area contributed by atoms with Crippen molar-refractivity contribution >= 4 is 40.1 Å². The molecule has 0 spiro atoms. The first-order valence-electron chi connectivity index (χ1n) is 10.8. The number of benzene rings is 3. The van der Waals surface area contributed by atoms with Crippen LogP contribution in [0.5, 0.6) is 17.2 Å². The highest BCUT2D eigenvalue weighted by molar-refractivity contribution is 6.09. The van der Waals surface area contributed by atoms with Crippen LogP contribution in [-0.4, -0.2) is 44.2 Å². The number of methoxy groups -OCH3 is 3. The molecule has 4 rings (SSSR count). The van der Waals surface area contributed by atoms with Gasteiger partial charge in [-0.25, -0.2) is 4.79 Å². The maximum absolute atomic E-state index is 12.7. The number of carbonyl (C=O) groups excluding carboxylic acids is 3. The number of carbonyl (C=O) groups is 3. The van der Waals surface area contributed by atoms with Crippen molar-refractivity contribution in [2.45, 2.75) is 0 Å². The Balaban J connectivity index is 1.42. The Morgan fingerprint density at radius 3 is 2.03 bits per heavy atom. The van der Waals surface area contributed by atoms with Gasteiger partial charge in [0.2, 0.25) is 5.75 Å². The lowest BCUT2D eigenvalue weighted by Crippen LogP contribution is -2.34. The number of hydrogen-bond donors (Lipinski definition) is 4. The molecule has 0 bridgehead atoms. The number of rotatable bonds is 7. The minimum absolute atomic E-state index is 0.138. The maximum Gasteiger partial charge on any atom is 0.326 e. The summed E-state index contributed by atoms with van der Waals surface area (Å²) < 4.78 is 15.7. The van der Waals surface area contributed by atoms with Crippen LogP contribution in [0.1, 0.15) is 20.8 Å². The molecule has 4 N–H and O–H groups in total. The van der Waals surface area contributed by atoms with Gasteiger partial charge in [0, 0.05) is 27.8 Å². The summed E-state index contributed by atoms with van der Waals surface area (Å²) in [7, 11) is 4.30. The van der Waals surface area contributed by atoms with Crippen LogP contribution in [0.15, 0.2) is 66.7 Å². The van der Waals surface area contributed by atoms with Gasteiger partial charge in [-0.05, 0) is 42.5 Å². The van der Waals surface area contributed by atoms with Gasteiger partial charge >= 0.3 is 6.03 Å². The molecule has 1 aromatic heterocycles. The van der Waals surface area contributed by atoms with Gasteiger partial charge in [-0.1, -0.05) is 24.3 Å². The first-order valence-corrected chi connectivity index (χ1v) is 10.8. The number of ether oxygens (including phenoxy) is 3. The lowest BCUT2D eigenvalue weighted by Gasteiger charge is -2.14. The summed E-state index contributed by atoms with van der Waals surface area (Å²) in [4.78, 5) is 40.8. The monoisotopic (exact) mass is 488 g/mol. The molecule has 0 aliphatic rings. The van der Waals surface area contributed by atoms with Crippen LogP contribution >= 0.6 is 0 Å². The SMILES string of the molecule is COc1cc(C(=O)NC(=O)Nc2cccc(NC(=O)c3cc4ccccc4[nH]3)c2)cc(OC)c1OC. The Morgan fingerprint density at radius 1 is 0.722 bits per heavy atom. The summed E-state index contributed by atoms with van der Waals surface area (Å²) in [5.41, 5.74) is 2.24. The highest BCUT2D eigenvalue weighted by atomic mass is 16.5. The van der Waals surface area contributed by atoms with Crippen molar-refractivity contribution in [2.75, 3.05) is 32.0 Å². The normalized spacial score (nSPS) is 10.4. The molecule has 4 amide bonds. The molecule has 0 saturated carbocycles. The summed E-state index contributed by atoms with van der Waals surface area (Å²) >= 11 is 0. The predicted octanol–water partition coefficient (Wildman–Crippen LogP) is 4.41. The number of H-pyrrole nitrogens is 1. The Labute approximate surface area is 206 Å². The lowest BCUT2D eigenvalue weighted by atomic mass is 10.1. The van der Waals surface area contributed by atoms with Gasteiger partial charge in [0.05, 0.1) is 21.3 Å². The number of aromatic amines is 1. The molecule has 36 heavy (non-hydrogen) atoms. The molecule has 0 unspecified atom stereocenters. The van der Waals surface area contributed by atoms with Crippen molar-refractivity contribution in [3.63, 3.8) is 0 Å². The number of fused-ring (bicyclic) bond motifs is 1. The molecule has 0 aliphatic heterocycles. The second-order valence-electron chi connectivity index (χ2n) is 7.63. The lowest BCUT2D eigenvalue weighted by molar-refractivity contribution is 0.0965. The number of imide groups is 1. The fraction of sp³-hybridized carbons (Fsp3) is 0.115. The largest absolute Gasteiger partial charge is 0.493 e. The molecule has 0 saturated heterocycles. The van der Waals surface area contributed by atoms with Crippen LogP contribution in [0.4, 0.5) is 16.2 Å². The molecule has 0 radical (unpaired) electrons. The fourth-order valence-corrected chi connectivity index (χ4v) is 3.62. The maximum atomic E-state index is 12.7. The second-order valence-corrected chi connectivity index (χ2v) is 7.63. The molecule has 3 aromatic carbocycles. The number of amides is 4. The number of hydrogen-bond acceptors (Lipinski definition) is 6. The zero-order chi connectivity index (χ0) is 25.7. The topological polar surface area (TPSA) is 131 Å². The van der Waals surface area contributed by atoms with Crippen LogP contribution in [0, 0.1) is 0 Å². The molecular weight excluding hydrogens is 464 g/mol. The number of urea groups is 1. The highest BCUT2D eigenvalue weighted by Gasteiger charge is 2.18. The number of anilines is 2. The number of aromatic nitrogens is 1. The van der Waals surface area contributed by atoms with Gasteiger partial charge in [-0.2, -0.15) is 0 Å². The molecule has 0 aliphatic carbocycles. The summed E-state index contributed by atoms with van der Waals surface area (Å²) in [6.07, 6.45) is 0. The third kappa shape index (κ3) is 5.22. The summed E-state index contributed by atoms with van der Waals surface area (Å²) in [6, 6.07) is 18.0. The van der Waals surface area contributed by atoms with E-state index in [9.17, 15) is 14.4 Å². The zero-order valence-corrected chi connectivity index (χ0v) is 19.8. The summed E-state index contributed by atoms with van der Waals surface area (Å²) in [5, 5.41) is 8.54. The van der Waals surface area contributed by atoms with Gasteiger partial charge in [0.15, 0.2) is 11.5 Å². The molecule has 10 nitrogen and oxygen atoms in total. The van der Waals surface area contributed by atoms with E-state index in [1.807, 2.05) is 24.3 Å². The third-order valence-corrected chi connectivity index (χ3v) is 5.31. The average Bonchev–Trinajstić information content (AvgIpc) is 3.32. The van der Waals surface area contributed by atoms with Crippen molar-refractivity contribution in [3.05, 3.63) is 78.0 Å². The van der Waals surface area contributed by atoms with E-state index in [2.05, 4.69) is 20.9 Å². The van der Waals surface area contributed by atoms with Gasteiger partial charge in [-0.15, -0.1) is 0 Å². The third-order valence-electron chi connectivity index (χ3n) is 5.31. The van der Waals surface area contributed by atoms with Crippen LogP contribution < -0.4 is 30.2 Å². The van der Waals surface area contributed by atoms with E-state index in [-0.39, 0.29) is 23.0 Å². The van der Waals surface area contributed by atoms with Crippen LogP contribution in [0.25, 0.3) is 10.9 Å². The Bertz CT molecular complexity index is 1390. The fourth-order valence-electron chi connectivity index (χ4n) is 3.62. The Kier molecular flexibility index (Phi) is 7.05. The molecule has 4 aromatic rings. The van der Waals surface area contributed by atoms with E-state index in [1.54, 1.807) is 30.3 Å². The van der Waals surface area contributed by atoms with Crippen molar-refractivity contribution in [1.29, 1.82) is 0 Å². The van der Waals surface area contributed by atoms with E-state index in [4.69, 9.17) is 14.2 Å². The van der Waals surface area contributed by atoms with E-state index < -0.39 is 11.9 Å². The minimum Gasteiger partial charge on any atom is -0.493 e. The van der Waals surface area contributed by atoms with Crippen molar-refractivity contribution in [3.8, 4) is 17.2 Å². The number of para-hydroxylation sites is 1. The summed E-state index contributed by atoms with van der Waals surface area (Å²) in [6.45, 7) is 0. The first kappa shape index (κ1) is 24.1. The van der Waals surface area contributed by atoms with Crippen LogP contribution in [0.3, 0.4) is 0 Å². The van der Waals surface area contributed by atoms with Crippen LogP contribution in [-0.2, 0) is 0 Å². The second kappa shape index (κ2) is 10.5. The molecule has 10 heteroatoms. The average molecular weight is 489 g/mol. The highest BCUT2D eigenvalue weighted by Crippen LogP contribution is 2.38. The van der Waals surface area contributed by atoms with Gasteiger partial charge in [0.25, 0.3) is 11.8 Å². The van der Waals surface area contributed by atoms with E-state index in [0.717, 1.165) is 10.9 Å². The standard InChI is InChI=1S/C26H24N4O6/c1-34-21-12-16(13-22(35-2)23(21)36-3)24(31)30-26(33)28-18-9-6-8-17(14-18)27-25(32)20-11-15-7-4-5-10-19(15)29-20/h4-14,29H,1-3H3,(H,27,32)(H2,28,30,31,33). The van der Waals surface area contributed by atoms with E-state index in [1.165, 1.54) is 33.5 Å². The van der Waals surface area contributed by atoms with Crippen molar-refractivity contribution < 1.29 is 28.6 Å². The molecule has 184 valence electrons. The van der Waals surface area contributed by atoms with Crippen molar-refractivity contribution in [2.24, 2.45) is 0 Å². The van der Waals surface area contributed by atoms with Gasteiger partial charge < -0.3 is 29.8 Å². The minimum atomic E-state index is -0.757. The Hall–Kier alpha value is -4.99. The Morgan fingerprint density at radius 2 is 1.39 bits per heavy atom. The zero-order valence-electron chi connectivity index (χ0n) is 19.8. The van der Waals surface area contributed by atoms with E-state index >= 15 is 0 Å². The molecule has 1 heterocycles. The van der Waals surface area contributed by atoms with Crippen molar-refractivity contribution in [1.82, 2.24) is 10.3 Å². The van der Waals surface area contributed by atoms with Gasteiger partial charge in [0.1, 0.15) is 5.69 Å². The predicted molar refractivity (Wildman–Crippen MR) is 135 cm³/mol. The summed E-state index contributed by atoms with van der Waals surface area (Å²) in [5.74, 6) is -0.116. The number of nitrogens with one attached hydrogen (secondary N) is 4. The smallest absolute Gasteiger partial charge is 0.326 e. The molecule has 0 fully saturated rings. The van der Waals surface area contributed by atoms with Crippen LogP contribution in [0.2, 0.25) is 0 Å². The molecule has 0 atom stereocenters. The molecular formula is C26H24N4O6. The van der Waals surface area contributed by atoms with Gasteiger partial charge in [-0.3, -0.25) is 14.9 Å².